The van der Waals surface area contributed by atoms with Gasteiger partial charge in [0.25, 0.3) is 0 Å². The van der Waals surface area contributed by atoms with Gasteiger partial charge in [-0.25, -0.2) is 8.78 Å². The average molecular weight is 290 g/mol. The Morgan fingerprint density at radius 3 is 2.52 bits per heavy atom. The zero-order valence-electron chi connectivity index (χ0n) is 11.6. The third-order valence-electron chi connectivity index (χ3n) is 3.07. The topological polar surface area (TPSA) is 32.3 Å². The van der Waals surface area contributed by atoms with E-state index in [0.29, 0.717) is 0 Å². The lowest BCUT2D eigenvalue weighted by Crippen LogP contribution is -2.32. The molecule has 0 aliphatic carbocycles. The fourth-order valence-electron chi connectivity index (χ4n) is 1.86. The van der Waals surface area contributed by atoms with Crippen LogP contribution in [-0.2, 0) is 11.3 Å². The molecular weight excluding hydrogens is 274 g/mol. The number of halogens is 2. The normalized spacial score (nSPS) is 10.2. The second kappa shape index (κ2) is 6.83. The Kier molecular flexibility index (Phi) is 4.87. The van der Waals surface area contributed by atoms with E-state index in [0.717, 1.165) is 11.8 Å². The van der Waals surface area contributed by atoms with E-state index in [9.17, 15) is 13.6 Å². The lowest BCUT2D eigenvalue weighted by Gasteiger charge is -2.18. The summed E-state index contributed by atoms with van der Waals surface area (Å²) in [6, 6.07) is 12.7. The first-order valence-electron chi connectivity index (χ1n) is 6.53. The molecule has 0 bridgehead atoms. The van der Waals surface area contributed by atoms with Crippen molar-refractivity contribution in [1.82, 2.24) is 4.90 Å². The number of benzene rings is 2. The second-order valence-corrected chi connectivity index (χ2v) is 4.71. The molecule has 21 heavy (non-hydrogen) atoms. The highest BCUT2D eigenvalue weighted by Crippen LogP contribution is 2.12. The number of nitrogens with one attached hydrogen (secondary N) is 1. The van der Waals surface area contributed by atoms with Crippen molar-refractivity contribution in [2.24, 2.45) is 0 Å². The third-order valence-corrected chi connectivity index (χ3v) is 3.07. The molecule has 0 unspecified atom stereocenters. The molecule has 0 saturated heterocycles. The molecular formula is C16H16F2N2O. The van der Waals surface area contributed by atoms with E-state index in [1.807, 2.05) is 30.3 Å². The number of anilines is 1. The highest BCUT2D eigenvalue weighted by Gasteiger charge is 2.12. The fourth-order valence-corrected chi connectivity index (χ4v) is 1.86. The van der Waals surface area contributed by atoms with Crippen LogP contribution in [0.15, 0.2) is 48.5 Å². The molecule has 0 aromatic heterocycles. The average Bonchev–Trinajstić information content (AvgIpc) is 2.48. The lowest BCUT2D eigenvalue weighted by molar-refractivity contribution is -0.128. The highest BCUT2D eigenvalue weighted by atomic mass is 19.1. The zero-order chi connectivity index (χ0) is 15.2. The van der Waals surface area contributed by atoms with Crippen LogP contribution in [0.4, 0.5) is 14.5 Å². The molecule has 1 amide bonds. The molecule has 0 aliphatic heterocycles. The molecule has 0 fully saturated rings. The maximum atomic E-state index is 13.5. The maximum Gasteiger partial charge on any atom is 0.241 e. The van der Waals surface area contributed by atoms with E-state index in [4.69, 9.17) is 0 Å². The lowest BCUT2D eigenvalue weighted by atomic mass is 10.2. The third kappa shape index (κ3) is 4.27. The SMILES string of the molecule is CN(Cc1ccc(F)cc1F)C(=O)CNc1ccccc1. The van der Waals surface area contributed by atoms with Gasteiger partial charge in [0.15, 0.2) is 0 Å². The van der Waals surface area contributed by atoms with Crippen molar-refractivity contribution >= 4 is 11.6 Å². The molecule has 0 saturated carbocycles. The first-order chi connectivity index (χ1) is 10.1. The number of hydrogen-bond donors (Lipinski definition) is 1. The molecule has 3 nitrogen and oxygen atoms in total. The summed E-state index contributed by atoms with van der Waals surface area (Å²) in [5.74, 6) is -1.45. The number of para-hydroxylation sites is 1. The molecule has 1 N–H and O–H groups in total. The molecule has 0 aliphatic rings. The standard InChI is InChI=1S/C16H16F2N2O/c1-20(11-12-7-8-13(17)9-15(12)18)16(21)10-19-14-5-3-2-4-6-14/h2-9,19H,10-11H2,1H3. The monoisotopic (exact) mass is 290 g/mol. The minimum atomic E-state index is -0.648. The number of carbonyl (C=O) groups excluding carboxylic acids is 1. The van der Waals surface area contributed by atoms with Crippen LogP contribution in [0.3, 0.4) is 0 Å². The van der Waals surface area contributed by atoms with E-state index < -0.39 is 11.6 Å². The summed E-state index contributed by atoms with van der Waals surface area (Å²) < 4.78 is 26.4. The van der Waals surface area contributed by atoms with Crippen LogP contribution in [0.25, 0.3) is 0 Å². The van der Waals surface area contributed by atoms with Gasteiger partial charge in [0, 0.05) is 30.9 Å². The van der Waals surface area contributed by atoms with E-state index in [1.54, 1.807) is 7.05 Å². The van der Waals surface area contributed by atoms with Gasteiger partial charge in [0.1, 0.15) is 11.6 Å². The second-order valence-electron chi connectivity index (χ2n) is 4.71. The zero-order valence-corrected chi connectivity index (χ0v) is 11.6. The van der Waals surface area contributed by atoms with Crippen molar-refractivity contribution in [3.05, 3.63) is 65.7 Å². The molecule has 2 aromatic rings. The van der Waals surface area contributed by atoms with Crippen LogP contribution in [0, 0.1) is 11.6 Å². The minimum absolute atomic E-state index is 0.0986. The largest absolute Gasteiger partial charge is 0.376 e. The molecule has 0 atom stereocenters. The molecule has 5 heteroatoms. The Morgan fingerprint density at radius 2 is 1.86 bits per heavy atom. The van der Waals surface area contributed by atoms with Crippen LogP contribution >= 0.6 is 0 Å². The van der Waals surface area contributed by atoms with Crippen LogP contribution in [0.2, 0.25) is 0 Å². The summed E-state index contributed by atoms with van der Waals surface area (Å²) in [4.78, 5) is 13.4. The van der Waals surface area contributed by atoms with Gasteiger partial charge in [0.05, 0.1) is 6.54 Å². The first kappa shape index (κ1) is 15.0. The van der Waals surface area contributed by atoms with Gasteiger partial charge < -0.3 is 10.2 Å². The van der Waals surface area contributed by atoms with Gasteiger partial charge in [-0.05, 0) is 18.2 Å². The smallest absolute Gasteiger partial charge is 0.241 e. The van der Waals surface area contributed by atoms with E-state index >= 15 is 0 Å². The molecule has 0 radical (unpaired) electrons. The summed E-state index contributed by atoms with van der Waals surface area (Å²) in [5.41, 5.74) is 1.12. The predicted octanol–water partition coefficient (Wildman–Crippen LogP) is 3.04. The number of carbonyl (C=O) groups is 1. The van der Waals surface area contributed by atoms with Crippen molar-refractivity contribution in [3.63, 3.8) is 0 Å². The van der Waals surface area contributed by atoms with Gasteiger partial charge in [0.2, 0.25) is 5.91 Å². The summed E-state index contributed by atoms with van der Waals surface area (Å²) in [6.45, 7) is 0.213. The van der Waals surface area contributed by atoms with Crippen molar-refractivity contribution in [2.45, 2.75) is 6.54 Å². The summed E-state index contributed by atoms with van der Waals surface area (Å²) in [5, 5.41) is 2.99. The highest BCUT2D eigenvalue weighted by molar-refractivity contribution is 5.80. The molecule has 110 valence electrons. The van der Waals surface area contributed by atoms with Crippen molar-refractivity contribution in [3.8, 4) is 0 Å². The fraction of sp³-hybridized carbons (Fsp3) is 0.188. The number of likely N-dealkylation sites (N-methyl/N-ethyl adjacent to an activating group) is 1. The maximum absolute atomic E-state index is 13.5. The molecule has 0 spiro atoms. The Morgan fingerprint density at radius 1 is 1.14 bits per heavy atom. The number of nitrogens with zero attached hydrogens (tertiary/aromatic N) is 1. The molecule has 0 heterocycles. The quantitative estimate of drug-likeness (QED) is 0.918. The molecule has 2 aromatic carbocycles. The van der Waals surface area contributed by atoms with Gasteiger partial charge in [-0.1, -0.05) is 24.3 Å². The summed E-state index contributed by atoms with van der Waals surface area (Å²) in [7, 11) is 1.58. The molecule has 2 rings (SSSR count). The van der Waals surface area contributed by atoms with Gasteiger partial charge in [-0.3, -0.25) is 4.79 Å². The summed E-state index contributed by atoms with van der Waals surface area (Å²) >= 11 is 0. The Bertz CT molecular complexity index is 617. The summed E-state index contributed by atoms with van der Waals surface area (Å²) in [6.07, 6.45) is 0. The van der Waals surface area contributed by atoms with Crippen molar-refractivity contribution in [1.29, 1.82) is 0 Å². The Labute approximate surface area is 122 Å². The van der Waals surface area contributed by atoms with Crippen LogP contribution in [-0.4, -0.2) is 24.4 Å². The predicted molar refractivity (Wildman–Crippen MR) is 77.8 cm³/mol. The van der Waals surface area contributed by atoms with Crippen LogP contribution in [0.1, 0.15) is 5.56 Å². The van der Waals surface area contributed by atoms with E-state index in [-0.39, 0.29) is 24.6 Å². The van der Waals surface area contributed by atoms with E-state index in [2.05, 4.69) is 5.32 Å². The minimum Gasteiger partial charge on any atom is -0.376 e. The number of hydrogen-bond acceptors (Lipinski definition) is 2. The number of rotatable bonds is 5. The van der Waals surface area contributed by atoms with Crippen molar-refractivity contribution < 1.29 is 13.6 Å². The number of amides is 1. The van der Waals surface area contributed by atoms with Crippen LogP contribution in [0.5, 0.6) is 0 Å². The Balaban J connectivity index is 1.90. The van der Waals surface area contributed by atoms with Gasteiger partial charge in [-0.15, -0.1) is 0 Å². The van der Waals surface area contributed by atoms with Gasteiger partial charge in [-0.2, -0.15) is 0 Å². The van der Waals surface area contributed by atoms with Crippen LogP contribution < -0.4 is 5.32 Å². The van der Waals surface area contributed by atoms with Gasteiger partial charge >= 0.3 is 0 Å². The Hall–Kier alpha value is -2.43. The van der Waals surface area contributed by atoms with E-state index in [1.165, 1.54) is 17.0 Å². The van der Waals surface area contributed by atoms with Crippen molar-refractivity contribution in [2.75, 3.05) is 18.9 Å². The first-order valence-corrected chi connectivity index (χ1v) is 6.53.